The van der Waals surface area contributed by atoms with Gasteiger partial charge < -0.3 is 5.73 Å². The largest absolute Gasteiger partial charge is 0.328 e. The molecule has 3 atom stereocenters. The lowest BCUT2D eigenvalue weighted by molar-refractivity contribution is 0.627. The van der Waals surface area contributed by atoms with Crippen LogP contribution >= 0.6 is 0 Å². The van der Waals surface area contributed by atoms with Crippen molar-refractivity contribution >= 4 is 0 Å². The van der Waals surface area contributed by atoms with Crippen LogP contribution in [0.15, 0.2) is 12.3 Å². The first-order valence-electron chi connectivity index (χ1n) is 4.73. The second kappa shape index (κ2) is 3.07. The minimum Gasteiger partial charge on any atom is -0.328 e. The number of nitrogens with two attached hydrogens (primary N) is 1. The van der Waals surface area contributed by atoms with Crippen LogP contribution in [0.5, 0.6) is 0 Å². The summed E-state index contributed by atoms with van der Waals surface area (Å²) < 4.78 is 0. The summed E-state index contributed by atoms with van der Waals surface area (Å²) in [7, 11) is 0. The van der Waals surface area contributed by atoms with E-state index in [-0.39, 0.29) is 0 Å². The fourth-order valence-electron chi connectivity index (χ4n) is 1.82. The van der Waals surface area contributed by atoms with Crippen molar-refractivity contribution in [2.75, 3.05) is 0 Å². The summed E-state index contributed by atoms with van der Waals surface area (Å²) >= 11 is 0. The predicted molar refractivity (Wildman–Crippen MR) is 51.3 cm³/mol. The molecule has 1 aliphatic rings. The highest BCUT2D eigenvalue weighted by atomic mass is 14.9. The van der Waals surface area contributed by atoms with E-state index < -0.39 is 0 Å². The fourth-order valence-corrected chi connectivity index (χ4v) is 1.82. The molecule has 0 bridgehead atoms. The van der Waals surface area contributed by atoms with Gasteiger partial charge >= 0.3 is 0 Å². The highest BCUT2D eigenvalue weighted by Crippen LogP contribution is 2.47. The van der Waals surface area contributed by atoms with E-state index >= 15 is 0 Å². The molecule has 0 aliphatic heterocycles. The molecule has 13 heavy (non-hydrogen) atoms. The van der Waals surface area contributed by atoms with Crippen molar-refractivity contribution in [1.29, 1.82) is 0 Å². The summed E-state index contributed by atoms with van der Waals surface area (Å²) in [5.74, 6) is 2.07. The van der Waals surface area contributed by atoms with E-state index in [1.54, 1.807) is 0 Å². The van der Waals surface area contributed by atoms with Gasteiger partial charge in [-0.3, -0.25) is 0 Å². The van der Waals surface area contributed by atoms with Crippen LogP contribution in [-0.4, -0.2) is 16.0 Å². The average Bonchev–Trinajstić information content (AvgIpc) is 2.82. The Morgan fingerprint density at radius 2 is 2.38 bits per heavy atom. The molecule has 3 nitrogen and oxygen atoms in total. The first-order chi connectivity index (χ1) is 6.18. The number of aryl methyl sites for hydroxylation is 1. The van der Waals surface area contributed by atoms with Gasteiger partial charge in [0.05, 0.1) is 0 Å². The van der Waals surface area contributed by atoms with Crippen LogP contribution < -0.4 is 5.73 Å². The van der Waals surface area contributed by atoms with Gasteiger partial charge in [0, 0.05) is 23.9 Å². The third kappa shape index (κ3) is 1.70. The average molecular weight is 177 g/mol. The maximum Gasteiger partial charge on any atom is 0.125 e. The van der Waals surface area contributed by atoms with Crippen LogP contribution in [0.4, 0.5) is 0 Å². The SMILES string of the molecule is Cc1nccc(C2CC2C(C)N)n1. The number of hydrogen-bond acceptors (Lipinski definition) is 3. The van der Waals surface area contributed by atoms with Gasteiger partial charge in [0.2, 0.25) is 0 Å². The number of nitrogens with zero attached hydrogens (tertiary/aromatic N) is 2. The highest BCUT2D eigenvalue weighted by Gasteiger charge is 2.41. The molecule has 2 N–H and O–H groups in total. The molecule has 0 spiro atoms. The lowest BCUT2D eigenvalue weighted by Gasteiger charge is -2.03. The number of aromatic nitrogens is 2. The molecule has 70 valence electrons. The van der Waals surface area contributed by atoms with Crippen LogP contribution in [0.25, 0.3) is 0 Å². The maximum absolute atomic E-state index is 5.82. The van der Waals surface area contributed by atoms with E-state index in [1.807, 2.05) is 19.2 Å². The Balaban J connectivity index is 2.12. The normalized spacial score (nSPS) is 28.5. The van der Waals surface area contributed by atoms with Gasteiger partial charge in [0.25, 0.3) is 0 Å². The van der Waals surface area contributed by atoms with Crippen molar-refractivity contribution in [2.24, 2.45) is 11.7 Å². The van der Waals surface area contributed by atoms with E-state index in [2.05, 4.69) is 16.9 Å². The van der Waals surface area contributed by atoms with Crippen LogP contribution in [-0.2, 0) is 0 Å². The Morgan fingerprint density at radius 1 is 1.62 bits per heavy atom. The second-order valence-electron chi connectivity index (χ2n) is 3.89. The zero-order valence-electron chi connectivity index (χ0n) is 8.07. The van der Waals surface area contributed by atoms with Crippen molar-refractivity contribution in [3.05, 3.63) is 23.8 Å². The van der Waals surface area contributed by atoms with E-state index in [0.717, 1.165) is 11.5 Å². The smallest absolute Gasteiger partial charge is 0.125 e. The lowest BCUT2D eigenvalue weighted by Crippen LogP contribution is -2.18. The molecule has 0 radical (unpaired) electrons. The molecule has 1 saturated carbocycles. The molecule has 0 aromatic carbocycles. The van der Waals surface area contributed by atoms with Crippen molar-refractivity contribution < 1.29 is 0 Å². The van der Waals surface area contributed by atoms with Gasteiger partial charge in [-0.2, -0.15) is 0 Å². The summed E-state index contributed by atoms with van der Waals surface area (Å²) in [6, 6.07) is 2.29. The van der Waals surface area contributed by atoms with E-state index in [4.69, 9.17) is 5.73 Å². The second-order valence-corrected chi connectivity index (χ2v) is 3.89. The molecule has 0 saturated heterocycles. The third-order valence-electron chi connectivity index (χ3n) is 2.69. The maximum atomic E-state index is 5.82. The summed E-state index contributed by atoms with van der Waals surface area (Å²) in [4.78, 5) is 8.48. The standard InChI is InChI=1S/C10H15N3/c1-6(11)8-5-9(8)10-3-4-12-7(2)13-10/h3-4,6,8-9H,5,11H2,1-2H3. The topological polar surface area (TPSA) is 51.8 Å². The van der Waals surface area contributed by atoms with Crippen LogP contribution in [0, 0.1) is 12.8 Å². The summed E-state index contributed by atoms with van der Waals surface area (Å²) in [6.45, 7) is 3.99. The van der Waals surface area contributed by atoms with Crippen LogP contribution in [0.1, 0.15) is 30.8 Å². The Kier molecular flexibility index (Phi) is 2.04. The molecule has 0 amide bonds. The zero-order chi connectivity index (χ0) is 9.42. The molecule has 3 heteroatoms. The lowest BCUT2D eigenvalue weighted by atomic mass is 10.1. The number of rotatable bonds is 2. The van der Waals surface area contributed by atoms with E-state index in [0.29, 0.717) is 17.9 Å². The predicted octanol–water partition coefficient (Wildman–Crippen LogP) is 1.24. The van der Waals surface area contributed by atoms with Crippen LogP contribution in [0.3, 0.4) is 0 Å². The molecule has 1 aromatic heterocycles. The Labute approximate surface area is 78.4 Å². The van der Waals surface area contributed by atoms with Crippen molar-refractivity contribution in [3.63, 3.8) is 0 Å². The monoisotopic (exact) mass is 177 g/mol. The molecular formula is C10H15N3. The minimum absolute atomic E-state index is 0.292. The summed E-state index contributed by atoms with van der Waals surface area (Å²) in [6.07, 6.45) is 3.02. The van der Waals surface area contributed by atoms with E-state index in [1.165, 1.54) is 6.42 Å². The molecule has 3 unspecified atom stereocenters. The third-order valence-corrected chi connectivity index (χ3v) is 2.69. The highest BCUT2D eigenvalue weighted by molar-refractivity contribution is 5.18. The molecule has 1 heterocycles. The summed E-state index contributed by atoms with van der Waals surface area (Å²) in [5, 5.41) is 0. The van der Waals surface area contributed by atoms with Gasteiger partial charge in [-0.05, 0) is 32.3 Å². The molecule has 2 rings (SSSR count). The van der Waals surface area contributed by atoms with Crippen LogP contribution in [0.2, 0.25) is 0 Å². The first-order valence-corrected chi connectivity index (χ1v) is 4.73. The minimum atomic E-state index is 0.292. The fraction of sp³-hybridized carbons (Fsp3) is 0.600. The van der Waals surface area contributed by atoms with Crippen molar-refractivity contribution in [1.82, 2.24) is 9.97 Å². The Hall–Kier alpha value is -0.960. The van der Waals surface area contributed by atoms with Gasteiger partial charge in [0.15, 0.2) is 0 Å². The summed E-state index contributed by atoms with van der Waals surface area (Å²) in [5.41, 5.74) is 6.98. The first kappa shape index (κ1) is 8.63. The van der Waals surface area contributed by atoms with Crippen molar-refractivity contribution in [2.45, 2.75) is 32.2 Å². The quantitative estimate of drug-likeness (QED) is 0.739. The Morgan fingerprint density at radius 3 is 2.92 bits per heavy atom. The van der Waals surface area contributed by atoms with Gasteiger partial charge in [-0.25, -0.2) is 9.97 Å². The van der Waals surface area contributed by atoms with Gasteiger partial charge in [-0.15, -0.1) is 0 Å². The molecule has 1 fully saturated rings. The molecule has 1 aliphatic carbocycles. The van der Waals surface area contributed by atoms with E-state index in [9.17, 15) is 0 Å². The zero-order valence-corrected chi connectivity index (χ0v) is 8.07. The Bertz CT molecular complexity index is 309. The van der Waals surface area contributed by atoms with Gasteiger partial charge in [-0.1, -0.05) is 0 Å². The molecule has 1 aromatic rings. The van der Waals surface area contributed by atoms with Crippen molar-refractivity contribution in [3.8, 4) is 0 Å². The molecular weight excluding hydrogens is 162 g/mol. The number of hydrogen-bond donors (Lipinski definition) is 1. The van der Waals surface area contributed by atoms with Gasteiger partial charge in [0.1, 0.15) is 5.82 Å².